The minimum atomic E-state index is -0.244. The molecule has 0 amide bonds. The molecule has 0 spiro atoms. The lowest BCUT2D eigenvalue weighted by Crippen LogP contribution is -2.39. The van der Waals surface area contributed by atoms with Crippen LogP contribution in [0.3, 0.4) is 0 Å². The molecule has 1 N–H and O–H groups in total. The zero-order valence-corrected chi connectivity index (χ0v) is 17.0. The van der Waals surface area contributed by atoms with Gasteiger partial charge < -0.3 is 15.0 Å². The number of methoxy groups -OCH3 is 1. The standard InChI is InChI=1S/C17H27N3O2.HI/c1-6-18-17(19-11-14(3)16(21)22-5)20(4)12-15-9-7-13(2)8-10-15;/h7-10,14H,6,11-12H2,1-5H3,(H,18,19);1H. The van der Waals surface area contributed by atoms with Crippen molar-refractivity contribution < 1.29 is 9.53 Å². The van der Waals surface area contributed by atoms with Crippen LogP contribution in [0.15, 0.2) is 29.3 Å². The van der Waals surface area contributed by atoms with Crippen LogP contribution in [-0.2, 0) is 16.1 Å². The Kier molecular flexibility index (Phi) is 10.6. The van der Waals surface area contributed by atoms with Crippen LogP contribution in [0.2, 0.25) is 0 Å². The Labute approximate surface area is 156 Å². The molecule has 23 heavy (non-hydrogen) atoms. The summed E-state index contributed by atoms with van der Waals surface area (Å²) in [6.45, 7) is 7.88. The van der Waals surface area contributed by atoms with E-state index in [9.17, 15) is 4.79 Å². The van der Waals surface area contributed by atoms with Gasteiger partial charge in [-0.05, 0) is 19.4 Å². The van der Waals surface area contributed by atoms with Crippen LogP contribution in [0.25, 0.3) is 0 Å². The largest absolute Gasteiger partial charge is 0.469 e. The maximum atomic E-state index is 11.4. The zero-order valence-electron chi connectivity index (χ0n) is 14.6. The summed E-state index contributed by atoms with van der Waals surface area (Å²) in [7, 11) is 3.39. The second-order valence-electron chi connectivity index (χ2n) is 5.46. The summed E-state index contributed by atoms with van der Waals surface area (Å²) >= 11 is 0. The van der Waals surface area contributed by atoms with Gasteiger partial charge in [0.15, 0.2) is 5.96 Å². The van der Waals surface area contributed by atoms with Crippen molar-refractivity contribution in [3.63, 3.8) is 0 Å². The third kappa shape index (κ3) is 7.67. The highest BCUT2D eigenvalue weighted by Gasteiger charge is 2.13. The van der Waals surface area contributed by atoms with Gasteiger partial charge in [0.05, 0.1) is 19.6 Å². The molecule has 0 aliphatic heterocycles. The van der Waals surface area contributed by atoms with Crippen molar-refractivity contribution in [3.8, 4) is 0 Å². The Hall–Kier alpha value is -1.31. The number of rotatable bonds is 6. The number of hydrogen-bond donors (Lipinski definition) is 1. The van der Waals surface area contributed by atoms with Gasteiger partial charge >= 0.3 is 5.97 Å². The van der Waals surface area contributed by atoms with Gasteiger partial charge in [-0.15, -0.1) is 24.0 Å². The number of aliphatic imine (C=N–C) groups is 1. The van der Waals surface area contributed by atoms with E-state index < -0.39 is 0 Å². The van der Waals surface area contributed by atoms with Gasteiger partial charge in [-0.25, -0.2) is 0 Å². The number of nitrogens with zero attached hydrogens (tertiary/aromatic N) is 2. The van der Waals surface area contributed by atoms with Gasteiger partial charge in [-0.1, -0.05) is 36.8 Å². The van der Waals surface area contributed by atoms with Gasteiger partial charge in [0.25, 0.3) is 0 Å². The van der Waals surface area contributed by atoms with Crippen LogP contribution < -0.4 is 5.32 Å². The predicted molar refractivity (Wildman–Crippen MR) is 105 cm³/mol. The number of esters is 1. The Bertz CT molecular complexity index is 503. The summed E-state index contributed by atoms with van der Waals surface area (Å²) in [5.74, 6) is 0.311. The molecule has 0 bridgehead atoms. The molecule has 0 aromatic heterocycles. The molecule has 1 rings (SSSR count). The predicted octanol–water partition coefficient (Wildman–Crippen LogP) is 2.82. The summed E-state index contributed by atoms with van der Waals surface area (Å²) < 4.78 is 4.73. The average Bonchev–Trinajstić information content (AvgIpc) is 2.52. The van der Waals surface area contributed by atoms with Gasteiger partial charge in [-0.2, -0.15) is 0 Å². The molecule has 1 unspecified atom stereocenters. The van der Waals surface area contributed by atoms with E-state index in [1.54, 1.807) is 0 Å². The number of halogens is 1. The maximum Gasteiger partial charge on any atom is 0.310 e. The van der Waals surface area contributed by atoms with Crippen molar-refractivity contribution in [1.29, 1.82) is 0 Å². The molecule has 6 heteroatoms. The van der Waals surface area contributed by atoms with E-state index in [-0.39, 0.29) is 35.9 Å². The van der Waals surface area contributed by atoms with Crippen molar-refractivity contribution in [2.75, 3.05) is 27.2 Å². The molecule has 5 nitrogen and oxygen atoms in total. The molecule has 0 radical (unpaired) electrons. The summed E-state index contributed by atoms with van der Waals surface area (Å²) in [6.07, 6.45) is 0. The van der Waals surface area contributed by atoms with E-state index in [2.05, 4.69) is 46.4 Å². The number of ether oxygens (including phenoxy) is 1. The molecule has 0 saturated heterocycles. The van der Waals surface area contributed by atoms with E-state index in [0.29, 0.717) is 6.54 Å². The number of hydrogen-bond acceptors (Lipinski definition) is 3. The fraction of sp³-hybridized carbons (Fsp3) is 0.529. The van der Waals surface area contributed by atoms with E-state index in [4.69, 9.17) is 4.74 Å². The van der Waals surface area contributed by atoms with Crippen LogP contribution in [0.5, 0.6) is 0 Å². The molecular formula is C17H28IN3O2. The van der Waals surface area contributed by atoms with Crippen LogP contribution in [0.1, 0.15) is 25.0 Å². The summed E-state index contributed by atoms with van der Waals surface area (Å²) in [5, 5.41) is 3.25. The van der Waals surface area contributed by atoms with Gasteiger partial charge in [0.1, 0.15) is 0 Å². The normalized spacial score (nSPS) is 12.1. The van der Waals surface area contributed by atoms with Crippen LogP contribution >= 0.6 is 24.0 Å². The molecule has 0 heterocycles. The van der Waals surface area contributed by atoms with Gasteiger partial charge in [0, 0.05) is 20.1 Å². The summed E-state index contributed by atoms with van der Waals surface area (Å²) in [5.41, 5.74) is 2.47. The molecule has 130 valence electrons. The first-order chi connectivity index (χ1) is 10.5. The van der Waals surface area contributed by atoms with E-state index in [1.165, 1.54) is 18.2 Å². The third-order valence-corrected chi connectivity index (χ3v) is 3.36. The molecular weight excluding hydrogens is 405 g/mol. The highest BCUT2D eigenvalue weighted by atomic mass is 127. The number of benzene rings is 1. The van der Waals surface area contributed by atoms with Crippen LogP contribution in [0, 0.1) is 12.8 Å². The van der Waals surface area contributed by atoms with E-state index >= 15 is 0 Å². The van der Waals surface area contributed by atoms with Crippen molar-refractivity contribution in [3.05, 3.63) is 35.4 Å². The first-order valence-corrected chi connectivity index (χ1v) is 7.60. The Morgan fingerprint density at radius 1 is 1.35 bits per heavy atom. The molecule has 1 aromatic rings. The number of aryl methyl sites for hydroxylation is 1. The van der Waals surface area contributed by atoms with E-state index in [1.807, 2.05) is 20.9 Å². The first-order valence-electron chi connectivity index (χ1n) is 7.60. The second-order valence-corrected chi connectivity index (χ2v) is 5.46. The maximum absolute atomic E-state index is 11.4. The summed E-state index contributed by atoms with van der Waals surface area (Å²) in [6, 6.07) is 8.44. The van der Waals surface area contributed by atoms with Crippen molar-refractivity contribution in [2.24, 2.45) is 10.9 Å². The van der Waals surface area contributed by atoms with Gasteiger partial charge in [-0.3, -0.25) is 9.79 Å². The van der Waals surface area contributed by atoms with Crippen molar-refractivity contribution in [2.45, 2.75) is 27.3 Å². The van der Waals surface area contributed by atoms with Crippen LogP contribution in [-0.4, -0.2) is 44.1 Å². The number of nitrogens with one attached hydrogen (secondary N) is 1. The number of carbonyl (C=O) groups excluding carboxylic acids is 1. The second kappa shape index (κ2) is 11.3. The van der Waals surface area contributed by atoms with Crippen LogP contribution in [0.4, 0.5) is 0 Å². The molecule has 0 saturated carbocycles. The fourth-order valence-electron chi connectivity index (χ4n) is 2.01. The Morgan fingerprint density at radius 3 is 2.48 bits per heavy atom. The number of carbonyl (C=O) groups is 1. The average molecular weight is 433 g/mol. The smallest absolute Gasteiger partial charge is 0.310 e. The van der Waals surface area contributed by atoms with Gasteiger partial charge in [0.2, 0.25) is 0 Å². The molecule has 0 fully saturated rings. The topological polar surface area (TPSA) is 53.9 Å². The Balaban J connectivity index is 0.00000484. The fourth-order valence-corrected chi connectivity index (χ4v) is 2.01. The molecule has 1 atom stereocenters. The van der Waals surface area contributed by atoms with E-state index in [0.717, 1.165) is 19.0 Å². The lowest BCUT2D eigenvalue weighted by molar-refractivity contribution is -0.144. The first kappa shape index (κ1) is 21.7. The van der Waals surface area contributed by atoms with Crippen molar-refractivity contribution in [1.82, 2.24) is 10.2 Å². The lowest BCUT2D eigenvalue weighted by Gasteiger charge is -2.22. The zero-order chi connectivity index (χ0) is 16.5. The molecule has 1 aromatic carbocycles. The minimum absolute atomic E-state index is 0. The molecule has 0 aliphatic carbocycles. The summed E-state index contributed by atoms with van der Waals surface area (Å²) in [4.78, 5) is 18.0. The lowest BCUT2D eigenvalue weighted by atomic mass is 10.1. The third-order valence-electron chi connectivity index (χ3n) is 3.36. The highest BCUT2D eigenvalue weighted by Crippen LogP contribution is 2.06. The number of guanidine groups is 1. The van der Waals surface area contributed by atoms with Crippen molar-refractivity contribution >= 4 is 35.9 Å². The Morgan fingerprint density at radius 2 is 1.96 bits per heavy atom. The molecule has 0 aliphatic rings. The minimum Gasteiger partial charge on any atom is -0.469 e. The SMILES string of the molecule is CCNC(=NCC(C)C(=O)OC)N(C)Cc1ccc(C)cc1.I. The highest BCUT2D eigenvalue weighted by molar-refractivity contribution is 14.0. The monoisotopic (exact) mass is 433 g/mol. The quantitative estimate of drug-likeness (QED) is 0.325.